The van der Waals surface area contributed by atoms with Crippen LogP contribution in [0.1, 0.15) is 94.4 Å². The van der Waals surface area contributed by atoms with Gasteiger partial charge >= 0.3 is 0 Å². The van der Waals surface area contributed by atoms with Gasteiger partial charge in [-0.1, -0.05) is 71.1 Å². The van der Waals surface area contributed by atoms with Crippen LogP contribution in [0.25, 0.3) is 0 Å². The van der Waals surface area contributed by atoms with Gasteiger partial charge in [0.2, 0.25) is 11.8 Å². The Kier molecular flexibility index (Phi) is 14.5. The second kappa shape index (κ2) is 14.6. The monoisotopic (exact) mass is 522 g/mol. The second-order valence-electron chi connectivity index (χ2n) is 10.1. The Morgan fingerprint density at radius 3 is 1.38 bits per heavy atom. The van der Waals surface area contributed by atoms with E-state index in [1.165, 1.54) is 0 Å². The van der Waals surface area contributed by atoms with Crippen LogP contribution in [0.15, 0.2) is 0 Å². The third-order valence-corrected chi connectivity index (χ3v) is 7.29. The second-order valence-corrected chi connectivity index (χ2v) is 12.1. The first kappa shape index (κ1) is 28.7. The van der Waals surface area contributed by atoms with Crippen LogP contribution in [0.2, 0.25) is 0 Å². The predicted molar refractivity (Wildman–Crippen MR) is 133 cm³/mol. The maximum Gasteiger partial charge on any atom is 0.220 e. The Bertz CT molecular complexity index is 440. The van der Waals surface area contributed by atoms with Gasteiger partial charge in [0.25, 0.3) is 0 Å². The van der Waals surface area contributed by atoms with Crippen molar-refractivity contribution in [2.75, 3.05) is 0 Å². The number of alkyl halides is 1. The van der Waals surface area contributed by atoms with Gasteiger partial charge in [0, 0.05) is 28.8 Å². The highest BCUT2D eigenvalue weighted by atomic mass is 127. The van der Waals surface area contributed by atoms with Crippen molar-refractivity contribution in [1.29, 1.82) is 0 Å². The molecule has 0 aromatic rings. The van der Waals surface area contributed by atoms with Gasteiger partial charge in [-0.25, -0.2) is 0 Å². The zero-order valence-corrected chi connectivity index (χ0v) is 22.5. The molecule has 29 heavy (non-hydrogen) atoms. The van der Waals surface area contributed by atoms with E-state index in [0.29, 0.717) is 46.4 Å². The van der Waals surface area contributed by atoms with E-state index in [1.54, 1.807) is 0 Å². The molecule has 2 amide bonds. The lowest BCUT2D eigenvalue weighted by atomic mass is 9.87. The van der Waals surface area contributed by atoms with E-state index in [1.807, 2.05) is 13.8 Å². The SMILES string of the molecule is CC(CC(=O)NC(C)CC(C)NC(=O)CC(C)CC(C)C(C)I)CC(C)C(C)C. The summed E-state index contributed by atoms with van der Waals surface area (Å²) in [4.78, 5) is 24.6. The first-order valence-corrected chi connectivity index (χ1v) is 12.8. The van der Waals surface area contributed by atoms with E-state index in [9.17, 15) is 9.59 Å². The summed E-state index contributed by atoms with van der Waals surface area (Å²) >= 11 is 2.46. The number of hydrogen-bond acceptors (Lipinski definition) is 2. The summed E-state index contributed by atoms with van der Waals surface area (Å²) in [7, 11) is 0. The zero-order chi connectivity index (χ0) is 22.7. The minimum absolute atomic E-state index is 0.0595. The Labute approximate surface area is 194 Å². The van der Waals surface area contributed by atoms with E-state index in [2.05, 4.69) is 81.7 Å². The Morgan fingerprint density at radius 2 is 1.03 bits per heavy atom. The molecule has 0 aliphatic heterocycles. The highest BCUT2D eigenvalue weighted by Crippen LogP contribution is 2.23. The first-order chi connectivity index (χ1) is 13.3. The van der Waals surface area contributed by atoms with E-state index in [4.69, 9.17) is 0 Å². The average Bonchev–Trinajstić information content (AvgIpc) is 2.52. The lowest BCUT2D eigenvalue weighted by molar-refractivity contribution is -0.122. The zero-order valence-electron chi connectivity index (χ0n) is 20.3. The van der Waals surface area contributed by atoms with Crippen molar-refractivity contribution < 1.29 is 9.59 Å². The maximum atomic E-state index is 12.3. The molecule has 0 spiro atoms. The number of hydrogen-bond donors (Lipinski definition) is 2. The summed E-state index contributed by atoms with van der Waals surface area (Å²) in [6, 6.07) is 0.120. The molecular formula is C24H47IN2O2. The molecule has 0 bridgehead atoms. The van der Waals surface area contributed by atoms with E-state index >= 15 is 0 Å². The first-order valence-electron chi connectivity index (χ1n) is 11.5. The van der Waals surface area contributed by atoms with Gasteiger partial charge in [-0.2, -0.15) is 0 Å². The Balaban J connectivity index is 4.21. The molecule has 0 aliphatic rings. The van der Waals surface area contributed by atoms with Crippen LogP contribution in [-0.4, -0.2) is 27.8 Å². The summed E-state index contributed by atoms with van der Waals surface area (Å²) < 4.78 is 0.623. The third kappa shape index (κ3) is 14.3. The smallest absolute Gasteiger partial charge is 0.220 e. The molecule has 0 radical (unpaired) electrons. The molecule has 0 rings (SSSR count). The van der Waals surface area contributed by atoms with Crippen molar-refractivity contribution in [3.05, 3.63) is 0 Å². The number of halogens is 1. The molecule has 0 heterocycles. The van der Waals surface area contributed by atoms with Crippen LogP contribution in [-0.2, 0) is 9.59 Å². The normalized spacial score (nSPS) is 19.0. The molecule has 4 nitrogen and oxygen atoms in total. The summed E-state index contributed by atoms with van der Waals surface area (Å²) in [5.74, 6) is 2.93. The molecule has 0 aliphatic carbocycles. The molecule has 5 heteroatoms. The number of carbonyl (C=O) groups is 2. The van der Waals surface area contributed by atoms with Crippen molar-refractivity contribution in [3.8, 4) is 0 Å². The van der Waals surface area contributed by atoms with Crippen molar-refractivity contribution >= 4 is 34.4 Å². The molecule has 7 unspecified atom stereocenters. The summed E-state index contributed by atoms with van der Waals surface area (Å²) in [5, 5.41) is 6.21. The largest absolute Gasteiger partial charge is 0.354 e. The molecule has 172 valence electrons. The lowest BCUT2D eigenvalue weighted by Crippen LogP contribution is -2.41. The standard InChI is InChI=1S/C24H47IN2O2/c1-15(2)18(5)10-16(3)12-23(28)26-20(7)14-21(8)27-24(29)13-17(4)11-19(6)22(9)25/h15-22H,10-14H2,1-9H3,(H,26,28)(H,27,29). The van der Waals surface area contributed by atoms with E-state index in [0.717, 1.165) is 19.3 Å². The molecule has 0 fully saturated rings. The van der Waals surface area contributed by atoms with Gasteiger partial charge in [0.05, 0.1) is 0 Å². The quantitative estimate of drug-likeness (QED) is 0.218. The van der Waals surface area contributed by atoms with Crippen molar-refractivity contribution in [1.82, 2.24) is 10.6 Å². The molecule has 0 saturated carbocycles. The molecule has 0 saturated heterocycles. The van der Waals surface area contributed by atoms with Crippen LogP contribution in [0.5, 0.6) is 0 Å². The third-order valence-electron chi connectivity index (χ3n) is 6.06. The van der Waals surface area contributed by atoms with Gasteiger partial charge in [0.1, 0.15) is 0 Å². The Morgan fingerprint density at radius 1 is 0.655 bits per heavy atom. The van der Waals surface area contributed by atoms with Gasteiger partial charge in [-0.15, -0.1) is 0 Å². The summed E-state index contributed by atoms with van der Waals surface area (Å²) in [6.45, 7) is 19.6. The fraction of sp³-hybridized carbons (Fsp3) is 0.917. The Hall–Kier alpha value is -0.330. The highest BCUT2D eigenvalue weighted by molar-refractivity contribution is 14.1. The topological polar surface area (TPSA) is 58.2 Å². The van der Waals surface area contributed by atoms with E-state index < -0.39 is 0 Å². The fourth-order valence-electron chi connectivity index (χ4n) is 3.84. The van der Waals surface area contributed by atoms with E-state index in [-0.39, 0.29) is 23.9 Å². The average molecular weight is 523 g/mol. The molecule has 0 aromatic heterocycles. The number of nitrogens with one attached hydrogen (secondary N) is 2. The van der Waals surface area contributed by atoms with Gasteiger partial charge in [0.15, 0.2) is 0 Å². The number of amides is 2. The summed E-state index contributed by atoms with van der Waals surface area (Å²) in [5.41, 5.74) is 0. The predicted octanol–water partition coefficient (Wildman–Crippen LogP) is 5.97. The molecule has 7 atom stereocenters. The van der Waals surface area contributed by atoms with Crippen LogP contribution < -0.4 is 10.6 Å². The van der Waals surface area contributed by atoms with Gasteiger partial charge < -0.3 is 10.6 Å². The maximum absolute atomic E-state index is 12.3. The highest BCUT2D eigenvalue weighted by Gasteiger charge is 2.19. The number of carbonyl (C=O) groups excluding carboxylic acids is 2. The fourth-order valence-corrected chi connectivity index (χ4v) is 4.14. The molecule has 2 N–H and O–H groups in total. The summed E-state index contributed by atoms with van der Waals surface area (Å²) in [6.07, 6.45) is 4.06. The molecular weight excluding hydrogens is 475 g/mol. The van der Waals surface area contributed by atoms with Crippen molar-refractivity contribution in [3.63, 3.8) is 0 Å². The minimum atomic E-state index is 0.0595. The van der Waals surface area contributed by atoms with Crippen molar-refractivity contribution in [2.45, 2.75) is 110 Å². The van der Waals surface area contributed by atoms with Crippen molar-refractivity contribution in [2.24, 2.45) is 29.6 Å². The van der Waals surface area contributed by atoms with Gasteiger partial charge in [-0.3, -0.25) is 9.59 Å². The minimum Gasteiger partial charge on any atom is -0.354 e. The van der Waals surface area contributed by atoms with Gasteiger partial charge in [-0.05, 0) is 62.7 Å². The lowest BCUT2D eigenvalue weighted by Gasteiger charge is -2.23. The van der Waals surface area contributed by atoms with Crippen LogP contribution in [0, 0.1) is 29.6 Å². The van der Waals surface area contributed by atoms with Crippen LogP contribution in [0.3, 0.4) is 0 Å². The molecule has 0 aromatic carbocycles. The van der Waals surface area contributed by atoms with Crippen LogP contribution in [0.4, 0.5) is 0 Å². The number of rotatable bonds is 14. The van der Waals surface area contributed by atoms with Crippen LogP contribution >= 0.6 is 22.6 Å².